The van der Waals surface area contributed by atoms with E-state index in [2.05, 4.69) is 5.16 Å². The average molecular weight is 315 g/mol. The van der Waals surface area contributed by atoms with Gasteiger partial charge < -0.3 is 15.2 Å². The highest BCUT2D eigenvalue weighted by Crippen LogP contribution is 2.63. The summed E-state index contributed by atoms with van der Waals surface area (Å²) in [6.45, 7) is 0.813. The predicted molar refractivity (Wildman–Crippen MR) is 75.0 cm³/mol. The van der Waals surface area contributed by atoms with Gasteiger partial charge in [-0.3, -0.25) is 0 Å². The minimum atomic E-state index is -0.934. The molecule has 1 saturated heterocycles. The Labute approximate surface area is 125 Å². The van der Waals surface area contributed by atoms with Crippen molar-refractivity contribution in [2.75, 3.05) is 13.1 Å². The summed E-state index contributed by atoms with van der Waals surface area (Å²) in [7, 11) is 0. The van der Waals surface area contributed by atoms with Crippen LogP contribution in [0.2, 0.25) is 10.0 Å². The zero-order valence-corrected chi connectivity index (χ0v) is 11.8. The van der Waals surface area contributed by atoms with E-state index in [0.29, 0.717) is 23.1 Å². The maximum atomic E-state index is 11.1. The molecule has 1 heterocycles. The molecule has 3 atom stereocenters. The maximum absolute atomic E-state index is 11.1. The first-order valence-electron chi connectivity index (χ1n) is 6.11. The zero-order valence-electron chi connectivity index (χ0n) is 10.3. The van der Waals surface area contributed by atoms with Gasteiger partial charge in [0.2, 0.25) is 0 Å². The minimum absolute atomic E-state index is 0.0281. The molecule has 1 amide bonds. The largest absolute Gasteiger partial charge is 0.465 e. The van der Waals surface area contributed by atoms with E-state index in [1.165, 1.54) is 11.1 Å². The molecule has 0 radical (unpaired) electrons. The molecule has 3 rings (SSSR count). The molecular formula is C13H12Cl2N2O3. The van der Waals surface area contributed by atoms with Crippen molar-refractivity contribution >= 4 is 35.5 Å². The molecule has 1 aliphatic heterocycles. The fourth-order valence-electron chi connectivity index (χ4n) is 3.41. The maximum Gasteiger partial charge on any atom is 0.407 e. The first-order chi connectivity index (χ1) is 9.50. The summed E-state index contributed by atoms with van der Waals surface area (Å²) in [6.07, 6.45) is 0.545. The highest BCUT2D eigenvalue weighted by atomic mass is 35.5. The Bertz CT molecular complexity index is 607. The fourth-order valence-corrected chi connectivity index (χ4v) is 3.70. The first-order valence-corrected chi connectivity index (χ1v) is 6.87. The van der Waals surface area contributed by atoms with E-state index < -0.39 is 6.09 Å². The van der Waals surface area contributed by atoms with Crippen molar-refractivity contribution in [3.63, 3.8) is 0 Å². The number of nitrogens with zero attached hydrogens (tertiary/aromatic N) is 2. The highest BCUT2D eigenvalue weighted by Gasteiger charge is 2.70. The van der Waals surface area contributed by atoms with Gasteiger partial charge in [0.25, 0.3) is 0 Å². The molecule has 1 aromatic carbocycles. The second-order valence-corrected chi connectivity index (χ2v) is 6.04. The predicted octanol–water partition coefficient (Wildman–Crippen LogP) is 2.93. The van der Waals surface area contributed by atoms with E-state index in [9.17, 15) is 4.79 Å². The van der Waals surface area contributed by atoms with Crippen LogP contribution in [-0.4, -0.2) is 40.6 Å². The third-order valence-electron chi connectivity index (χ3n) is 4.41. The molecule has 2 fully saturated rings. The van der Waals surface area contributed by atoms with Crippen molar-refractivity contribution in [1.29, 1.82) is 0 Å². The number of rotatable bonds is 2. The fraction of sp³-hybridized carbons (Fsp3) is 0.385. The summed E-state index contributed by atoms with van der Waals surface area (Å²) in [5.41, 5.74) is 0.587. The molecule has 106 valence electrons. The summed E-state index contributed by atoms with van der Waals surface area (Å²) in [5.74, 6) is 0.145. The summed E-state index contributed by atoms with van der Waals surface area (Å²) >= 11 is 12.0. The summed E-state index contributed by atoms with van der Waals surface area (Å²) in [4.78, 5) is 12.5. The SMILES string of the molecule is O=C(O)N1CC2C(C=NO)C2(c2ccc(Cl)c(Cl)c2)C1. The van der Waals surface area contributed by atoms with E-state index in [1.54, 1.807) is 12.1 Å². The summed E-state index contributed by atoms with van der Waals surface area (Å²) in [5, 5.41) is 21.9. The number of amides is 1. The molecule has 3 unspecified atom stereocenters. The Morgan fingerprint density at radius 3 is 2.80 bits per heavy atom. The number of halogens is 2. The van der Waals surface area contributed by atoms with Crippen LogP contribution < -0.4 is 0 Å². The van der Waals surface area contributed by atoms with E-state index >= 15 is 0 Å². The molecule has 20 heavy (non-hydrogen) atoms. The Kier molecular flexibility index (Phi) is 3.06. The smallest absolute Gasteiger partial charge is 0.407 e. The Morgan fingerprint density at radius 1 is 1.45 bits per heavy atom. The van der Waals surface area contributed by atoms with Gasteiger partial charge in [-0.2, -0.15) is 0 Å². The van der Waals surface area contributed by atoms with Crippen molar-refractivity contribution in [2.24, 2.45) is 17.0 Å². The molecule has 1 aromatic rings. The number of carboxylic acid groups (broad SMARTS) is 1. The van der Waals surface area contributed by atoms with Gasteiger partial charge in [-0.25, -0.2) is 4.79 Å². The number of fused-ring (bicyclic) bond motifs is 1. The molecule has 5 nitrogen and oxygen atoms in total. The number of hydrogen-bond donors (Lipinski definition) is 2. The van der Waals surface area contributed by atoms with Crippen LogP contribution in [0.1, 0.15) is 5.56 Å². The van der Waals surface area contributed by atoms with Gasteiger partial charge in [-0.05, 0) is 23.6 Å². The molecular weight excluding hydrogens is 303 g/mol. The minimum Gasteiger partial charge on any atom is -0.465 e. The number of likely N-dealkylation sites (tertiary alicyclic amines) is 1. The van der Waals surface area contributed by atoms with Crippen molar-refractivity contribution in [2.45, 2.75) is 5.41 Å². The number of piperidine rings is 1. The molecule has 0 spiro atoms. The van der Waals surface area contributed by atoms with Crippen LogP contribution in [0.15, 0.2) is 23.4 Å². The van der Waals surface area contributed by atoms with Crippen LogP contribution in [-0.2, 0) is 5.41 Å². The quantitative estimate of drug-likeness (QED) is 0.501. The van der Waals surface area contributed by atoms with E-state index in [-0.39, 0.29) is 17.3 Å². The average Bonchev–Trinajstić information content (AvgIpc) is 2.83. The van der Waals surface area contributed by atoms with Gasteiger partial charge in [0.05, 0.1) is 10.0 Å². The zero-order chi connectivity index (χ0) is 14.5. The molecule has 1 aliphatic carbocycles. The standard InChI is InChI=1S/C13H12Cl2N2O3/c14-10-2-1-7(3-11(10)15)13-6-17(12(18)19)5-9(13)8(13)4-16-20/h1-4,8-9,20H,5-6H2,(H,18,19). The van der Waals surface area contributed by atoms with Crippen LogP contribution in [0, 0.1) is 11.8 Å². The van der Waals surface area contributed by atoms with E-state index in [1.807, 2.05) is 6.07 Å². The molecule has 2 N–H and O–H groups in total. The number of oxime groups is 1. The van der Waals surface area contributed by atoms with Crippen molar-refractivity contribution in [3.05, 3.63) is 33.8 Å². The first kappa shape index (κ1) is 13.5. The molecule has 7 heteroatoms. The Hall–Kier alpha value is -1.46. The lowest BCUT2D eigenvalue weighted by molar-refractivity contribution is 0.148. The van der Waals surface area contributed by atoms with Crippen LogP contribution in [0.25, 0.3) is 0 Å². The third-order valence-corrected chi connectivity index (χ3v) is 5.14. The van der Waals surface area contributed by atoms with Gasteiger partial charge in [0, 0.05) is 30.6 Å². The third kappa shape index (κ3) is 1.77. The van der Waals surface area contributed by atoms with Crippen LogP contribution in [0.4, 0.5) is 4.79 Å². The lowest BCUT2D eigenvalue weighted by Gasteiger charge is -2.20. The lowest BCUT2D eigenvalue weighted by atomic mass is 9.93. The van der Waals surface area contributed by atoms with E-state index in [0.717, 1.165) is 5.56 Å². The topological polar surface area (TPSA) is 73.1 Å². The second-order valence-electron chi connectivity index (χ2n) is 5.23. The number of hydrogen-bond acceptors (Lipinski definition) is 3. The van der Waals surface area contributed by atoms with Gasteiger partial charge in [-0.1, -0.05) is 29.3 Å². The number of carbonyl (C=O) groups is 1. The van der Waals surface area contributed by atoms with E-state index in [4.69, 9.17) is 33.5 Å². The lowest BCUT2D eigenvalue weighted by Crippen LogP contribution is -2.33. The van der Waals surface area contributed by atoms with Crippen molar-refractivity contribution in [1.82, 2.24) is 4.90 Å². The van der Waals surface area contributed by atoms with Gasteiger partial charge >= 0.3 is 6.09 Å². The highest BCUT2D eigenvalue weighted by molar-refractivity contribution is 6.42. The van der Waals surface area contributed by atoms with Crippen molar-refractivity contribution < 1.29 is 15.1 Å². The van der Waals surface area contributed by atoms with Gasteiger partial charge in [0.15, 0.2) is 0 Å². The van der Waals surface area contributed by atoms with Gasteiger partial charge in [0.1, 0.15) is 0 Å². The Balaban J connectivity index is 1.98. The van der Waals surface area contributed by atoms with Crippen LogP contribution >= 0.6 is 23.2 Å². The summed E-state index contributed by atoms with van der Waals surface area (Å²) < 4.78 is 0. The Morgan fingerprint density at radius 2 is 2.20 bits per heavy atom. The monoisotopic (exact) mass is 314 g/mol. The summed E-state index contributed by atoms with van der Waals surface area (Å²) in [6, 6.07) is 5.34. The molecule has 0 bridgehead atoms. The van der Waals surface area contributed by atoms with Crippen LogP contribution in [0.5, 0.6) is 0 Å². The second kappa shape index (κ2) is 4.53. The van der Waals surface area contributed by atoms with Gasteiger partial charge in [-0.15, -0.1) is 5.16 Å². The molecule has 2 aliphatic rings. The van der Waals surface area contributed by atoms with Crippen molar-refractivity contribution in [3.8, 4) is 0 Å². The normalized spacial score (nSPS) is 31.6. The van der Waals surface area contributed by atoms with Crippen LogP contribution in [0.3, 0.4) is 0 Å². The molecule has 1 saturated carbocycles. The number of benzene rings is 1. The molecule has 0 aromatic heterocycles.